The van der Waals surface area contributed by atoms with Crippen LogP contribution in [-0.2, 0) is 6.54 Å². The minimum absolute atomic E-state index is 0.659. The molecule has 142 valence electrons. The minimum Gasteiger partial charge on any atom is -0.496 e. The predicted molar refractivity (Wildman–Crippen MR) is 105 cm³/mol. The normalized spacial score (nSPS) is 15.0. The van der Waals surface area contributed by atoms with Gasteiger partial charge in [-0.15, -0.1) is 11.3 Å². The van der Waals surface area contributed by atoms with Crippen LogP contribution in [0, 0.1) is 5.92 Å². The fourth-order valence-electron chi connectivity index (χ4n) is 3.51. The Morgan fingerprint density at radius 1 is 1.00 bits per heavy atom. The van der Waals surface area contributed by atoms with Crippen molar-refractivity contribution in [2.75, 3.05) is 27.9 Å². The molecule has 0 amide bonds. The number of hydrogen-bond donors (Lipinski definition) is 1. The molecule has 6 heteroatoms. The lowest BCUT2D eigenvalue weighted by Crippen LogP contribution is -2.24. The molecule has 0 atom stereocenters. The summed E-state index contributed by atoms with van der Waals surface area (Å²) >= 11 is 1.68. The van der Waals surface area contributed by atoms with E-state index in [-0.39, 0.29) is 0 Å². The summed E-state index contributed by atoms with van der Waals surface area (Å²) in [5, 5.41) is 4.67. The molecule has 1 N–H and O–H groups in total. The van der Waals surface area contributed by atoms with Gasteiger partial charge in [-0.05, 0) is 31.4 Å². The van der Waals surface area contributed by atoms with Crippen LogP contribution in [0.25, 0.3) is 10.4 Å². The molecule has 1 aliphatic carbocycles. The highest BCUT2D eigenvalue weighted by Gasteiger charge is 2.16. The van der Waals surface area contributed by atoms with Gasteiger partial charge in [-0.2, -0.15) is 0 Å². The van der Waals surface area contributed by atoms with Gasteiger partial charge in [0, 0.05) is 24.4 Å². The average Bonchev–Trinajstić information content (AvgIpc) is 3.16. The van der Waals surface area contributed by atoms with E-state index in [2.05, 4.69) is 10.3 Å². The molecule has 1 aliphatic rings. The van der Waals surface area contributed by atoms with Crippen molar-refractivity contribution in [3.05, 3.63) is 23.3 Å². The van der Waals surface area contributed by atoms with E-state index >= 15 is 0 Å². The minimum atomic E-state index is 0.659. The molecule has 5 nitrogen and oxygen atoms in total. The van der Waals surface area contributed by atoms with Gasteiger partial charge < -0.3 is 19.5 Å². The summed E-state index contributed by atoms with van der Waals surface area (Å²) in [5.74, 6) is 2.93. The lowest BCUT2D eigenvalue weighted by Gasteiger charge is -2.21. The van der Waals surface area contributed by atoms with Crippen LogP contribution in [0.2, 0.25) is 0 Å². The maximum absolute atomic E-state index is 5.54. The Morgan fingerprint density at radius 2 is 1.69 bits per heavy atom. The Hall–Kier alpha value is -1.79. The largest absolute Gasteiger partial charge is 0.496 e. The number of hydrogen-bond acceptors (Lipinski definition) is 6. The molecular weight excluding hydrogens is 348 g/mol. The molecular formula is C20H28N2O3S. The summed E-state index contributed by atoms with van der Waals surface area (Å²) in [7, 11) is 4.93. The van der Waals surface area contributed by atoms with E-state index in [4.69, 9.17) is 14.2 Å². The van der Waals surface area contributed by atoms with Gasteiger partial charge in [-0.3, -0.25) is 0 Å². The van der Waals surface area contributed by atoms with Crippen LogP contribution in [0.5, 0.6) is 17.2 Å². The topological polar surface area (TPSA) is 52.6 Å². The molecule has 3 rings (SSSR count). The molecule has 26 heavy (non-hydrogen) atoms. The van der Waals surface area contributed by atoms with Crippen molar-refractivity contribution in [3.8, 4) is 27.7 Å². The van der Waals surface area contributed by atoms with Gasteiger partial charge in [0.1, 0.15) is 10.8 Å². The molecule has 0 unspecified atom stereocenters. The third-order valence-electron chi connectivity index (χ3n) is 4.96. The molecule has 1 saturated carbocycles. The summed E-state index contributed by atoms with van der Waals surface area (Å²) in [6.07, 6.45) is 8.79. The van der Waals surface area contributed by atoms with Crippen molar-refractivity contribution in [1.82, 2.24) is 10.3 Å². The molecule has 0 spiro atoms. The molecule has 0 aliphatic heterocycles. The Morgan fingerprint density at radius 3 is 2.38 bits per heavy atom. The van der Waals surface area contributed by atoms with Gasteiger partial charge in [0.2, 0.25) is 0 Å². The zero-order valence-electron chi connectivity index (χ0n) is 15.8. The zero-order chi connectivity index (χ0) is 18.4. The first-order valence-corrected chi connectivity index (χ1v) is 10.0. The van der Waals surface area contributed by atoms with E-state index in [1.54, 1.807) is 32.7 Å². The van der Waals surface area contributed by atoms with E-state index in [0.29, 0.717) is 11.5 Å². The molecule has 1 aromatic heterocycles. The van der Waals surface area contributed by atoms with Gasteiger partial charge in [0.25, 0.3) is 0 Å². The highest BCUT2D eigenvalue weighted by atomic mass is 32.1. The Labute approximate surface area is 159 Å². The van der Waals surface area contributed by atoms with Crippen molar-refractivity contribution in [3.63, 3.8) is 0 Å². The quantitative estimate of drug-likeness (QED) is 0.735. The van der Waals surface area contributed by atoms with Gasteiger partial charge in [0.15, 0.2) is 11.5 Å². The fourth-order valence-corrected chi connectivity index (χ4v) is 4.42. The first-order chi connectivity index (χ1) is 12.7. The molecule has 1 fully saturated rings. The van der Waals surface area contributed by atoms with Gasteiger partial charge in [-0.1, -0.05) is 19.3 Å². The van der Waals surface area contributed by atoms with Crippen LogP contribution in [-0.4, -0.2) is 32.9 Å². The summed E-state index contributed by atoms with van der Waals surface area (Å²) in [6, 6.07) is 3.80. The summed E-state index contributed by atoms with van der Waals surface area (Å²) < 4.78 is 16.3. The van der Waals surface area contributed by atoms with E-state index < -0.39 is 0 Å². The molecule has 1 heterocycles. The van der Waals surface area contributed by atoms with Crippen molar-refractivity contribution >= 4 is 11.3 Å². The molecule has 1 aromatic carbocycles. The number of rotatable bonds is 8. The van der Waals surface area contributed by atoms with E-state index in [1.165, 1.54) is 32.1 Å². The highest BCUT2D eigenvalue weighted by Crippen LogP contribution is 2.41. The third-order valence-corrected chi connectivity index (χ3v) is 5.99. The van der Waals surface area contributed by atoms with Crippen LogP contribution in [0.1, 0.15) is 37.1 Å². The summed E-state index contributed by atoms with van der Waals surface area (Å²) in [6.45, 7) is 1.91. The SMILES string of the molecule is COc1cc(OC)c(-c2cnc(CNCC3CCCCC3)s2)cc1OC. The number of aromatic nitrogens is 1. The second-order valence-corrected chi connectivity index (χ2v) is 7.78. The molecule has 0 bridgehead atoms. The second-order valence-electron chi connectivity index (χ2n) is 6.66. The van der Waals surface area contributed by atoms with Gasteiger partial charge in [0.05, 0.1) is 26.2 Å². The number of nitrogens with one attached hydrogen (secondary N) is 1. The number of thiazole rings is 1. The number of methoxy groups -OCH3 is 3. The van der Waals surface area contributed by atoms with Crippen LogP contribution in [0.4, 0.5) is 0 Å². The Balaban J connectivity index is 1.68. The van der Waals surface area contributed by atoms with Gasteiger partial charge in [-0.25, -0.2) is 4.98 Å². The second kappa shape index (κ2) is 9.24. The first kappa shape index (κ1) is 19.0. The van der Waals surface area contributed by atoms with Crippen molar-refractivity contribution < 1.29 is 14.2 Å². The van der Waals surface area contributed by atoms with Crippen LogP contribution in [0.15, 0.2) is 18.3 Å². The van der Waals surface area contributed by atoms with Crippen LogP contribution in [0.3, 0.4) is 0 Å². The van der Waals surface area contributed by atoms with E-state index in [0.717, 1.165) is 40.2 Å². The number of ether oxygens (including phenoxy) is 3. The van der Waals surface area contributed by atoms with Crippen LogP contribution < -0.4 is 19.5 Å². The van der Waals surface area contributed by atoms with Gasteiger partial charge >= 0.3 is 0 Å². The lowest BCUT2D eigenvalue weighted by atomic mass is 9.89. The number of benzene rings is 1. The Bertz CT molecular complexity index is 711. The van der Waals surface area contributed by atoms with Crippen molar-refractivity contribution in [2.24, 2.45) is 5.92 Å². The fraction of sp³-hybridized carbons (Fsp3) is 0.550. The highest BCUT2D eigenvalue weighted by molar-refractivity contribution is 7.15. The maximum atomic E-state index is 5.54. The molecule has 0 radical (unpaired) electrons. The predicted octanol–water partition coefficient (Wildman–Crippen LogP) is 4.51. The van der Waals surface area contributed by atoms with Crippen molar-refractivity contribution in [1.29, 1.82) is 0 Å². The maximum Gasteiger partial charge on any atom is 0.164 e. The third kappa shape index (κ3) is 4.48. The zero-order valence-corrected chi connectivity index (χ0v) is 16.7. The van der Waals surface area contributed by atoms with E-state index in [1.807, 2.05) is 18.3 Å². The van der Waals surface area contributed by atoms with E-state index in [9.17, 15) is 0 Å². The monoisotopic (exact) mass is 376 g/mol. The summed E-state index contributed by atoms with van der Waals surface area (Å²) in [4.78, 5) is 5.64. The average molecular weight is 377 g/mol. The number of nitrogens with zero attached hydrogens (tertiary/aromatic N) is 1. The smallest absolute Gasteiger partial charge is 0.164 e. The molecule has 2 aromatic rings. The standard InChI is InChI=1S/C20H28N2O3S/c1-23-16-10-18(25-3)17(24-2)9-15(16)19-12-22-20(26-19)13-21-11-14-7-5-4-6-8-14/h9-10,12,14,21H,4-8,11,13H2,1-3H3. The molecule has 0 saturated heterocycles. The van der Waals surface area contributed by atoms with Crippen LogP contribution >= 0.6 is 11.3 Å². The lowest BCUT2D eigenvalue weighted by molar-refractivity contribution is 0.342. The summed E-state index contributed by atoms with van der Waals surface area (Å²) in [5.41, 5.74) is 0.973. The van der Waals surface area contributed by atoms with Crippen molar-refractivity contribution in [2.45, 2.75) is 38.6 Å². The first-order valence-electron chi connectivity index (χ1n) is 9.21. The Kier molecular flexibility index (Phi) is 6.74.